The number of aryl methyl sites for hydroxylation is 1. The number of amides is 1. The van der Waals surface area contributed by atoms with Gasteiger partial charge < -0.3 is 9.88 Å². The molecule has 5 aromatic rings. The zero-order chi connectivity index (χ0) is 25.2. The van der Waals surface area contributed by atoms with E-state index in [4.69, 9.17) is 5.10 Å². The van der Waals surface area contributed by atoms with Crippen LogP contribution >= 0.6 is 11.8 Å². The second-order valence-corrected chi connectivity index (χ2v) is 9.34. The number of nitrogens with zero attached hydrogens (tertiary/aromatic N) is 5. The summed E-state index contributed by atoms with van der Waals surface area (Å²) in [4.78, 5) is 28.0. The molecular weight excluding hydrogens is 472 g/mol. The molecular formula is C27H26N6O2S. The molecule has 182 valence electrons. The maximum Gasteiger partial charge on any atom is 0.280 e. The Hall–Kier alpha value is -4.11. The van der Waals surface area contributed by atoms with Crippen molar-refractivity contribution in [3.05, 3.63) is 101 Å². The minimum absolute atomic E-state index is 0.282. The normalized spacial score (nSPS) is 12.1. The molecule has 0 fully saturated rings. The van der Waals surface area contributed by atoms with Crippen molar-refractivity contribution in [1.29, 1.82) is 0 Å². The number of rotatable bonds is 7. The summed E-state index contributed by atoms with van der Waals surface area (Å²) in [5.41, 5.74) is 2.51. The fraction of sp³-hybridized carbons (Fsp3) is 0.185. The van der Waals surface area contributed by atoms with Crippen LogP contribution < -0.4 is 10.9 Å². The molecule has 1 atom stereocenters. The molecule has 0 unspecified atom stereocenters. The van der Waals surface area contributed by atoms with E-state index in [0.29, 0.717) is 29.0 Å². The Morgan fingerprint density at radius 1 is 1.00 bits per heavy atom. The molecule has 3 aromatic heterocycles. The third-order valence-corrected chi connectivity index (χ3v) is 6.85. The van der Waals surface area contributed by atoms with Crippen molar-refractivity contribution in [2.24, 2.45) is 0 Å². The number of para-hydroxylation sites is 1. The fourth-order valence-electron chi connectivity index (χ4n) is 4.15. The molecule has 0 spiro atoms. The van der Waals surface area contributed by atoms with Crippen LogP contribution in [0.2, 0.25) is 0 Å². The first kappa shape index (κ1) is 23.6. The number of benzene rings is 2. The van der Waals surface area contributed by atoms with Crippen molar-refractivity contribution in [3.8, 4) is 11.5 Å². The van der Waals surface area contributed by atoms with Gasteiger partial charge in [-0.25, -0.2) is 9.36 Å². The molecule has 0 aliphatic rings. The van der Waals surface area contributed by atoms with Crippen molar-refractivity contribution in [3.63, 3.8) is 0 Å². The van der Waals surface area contributed by atoms with Crippen molar-refractivity contribution >= 4 is 28.6 Å². The third-order valence-electron chi connectivity index (χ3n) is 6.11. The second kappa shape index (κ2) is 9.87. The SMILES string of the molecule is CSc1ccc(CNC(=O)[C@@H](C)n2nc(C)c3nn(-c4ccccc4)c(-n4cccc4)c3c2=O)cc1. The number of hydrogen-bond donors (Lipinski definition) is 1. The van der Waals surface area contributed by atoms with E-state index in [9.17, 15) is 9.59 Å². The van der Waals surface area contributed by atoms with Crippen LogP contribution in [-0.4, -0.2) is 36.3 Å². The number of thioether (sulfide) groups is 1. The summed E-state index contributed by atoms with van der Waals surface area (Å²) in [6.45, 7) is 3.86. The Morgan fingerprint density at radius 3 is 2.36 bits per heavy atom. The molecule has 9 heteroatoms. The maximum absolute atomic E-state index is 13.8. The minimum atomic E-state index is -0.802. The highest BCUT2D eigenvalue weighted by Gasteiger charge is 2.25. The van der Waals surface area contributed by atoms with Gasteiger partial charge in [0.05, 0.1) is 11.4 Å². The van der Waals surface area contributed by atoms with E-state index in [1.165, 1.54) is 4.68 Å². The van der Waals surface area contributed by atoms with Gasteiger partial charge in [-0.1, -0.05) is 30.3 Å². The smallest absolute Gasteiger partial charge is 0.280 e. The predicted octanol–water partition coefficient (Wildman–Crippen LogP) is 4.28. The topological polar surface area (TPSA) is 86.7 Å². The van der Waals surface area contributed by atoms with Gasteiger partial charge in [-0.05, 0) is 62.1 Å². The van der Waals surface area contributed by atoms with Gasteiger partial charge >= 0.3 is 0 Å². The molecule has 0 bridgehead atoms. The van der Waals surface area contributed by atoms with Gasteiger partial charge in [0, 0.05) is 23.8 Å². The maximum atomic E-state index is 13.8. The number of carbonyl (C=O) groups is 1. The highest BCUT2D eigenvalue weighted by Crippen LogP contribution is 2.25. The Kier molecular flexibility index (Phi) is 6.47. The molecule has 3 heterocycles. The van der Waals surface area contributed by atoms with Crippen LogP contribution in [0.25, 0.3) is 22.4 Å². The molecule has 2 aromatic carbocycles. The monoisotopic (exact) mass is 498 g/mol. The van der Waals surface area contributed by atoms with E-state index in [-0.39, 0.29) is 11.5 Å². The summed E-state index contributed by atoms with van der Waals surface area (Å²) in [7, 11) is 0. The lowest BCUT2D eigenvalue weighted by Crippen LogP contribution is -2.37. The van der Waals surface area contributed by atoms with Crippen LogP contribution in [-0.2, 0) is 11.3 Å². The average Bonchev–Trinajstić information content (AvgIpc) is 3.58. The Labute approximate surface area is 212 Å². The van der Waals surface area contributed by atoms with Crippen molar-refractivity contribution < 1.29 is 4.79 Å². The number of nitrogens with one attached hydrogen (secondary N) is 1. The van der Waals surface area contributed by atoms with Crippen molar-refractivity contribution in [2.75, 3.05) is 6.26 Å². The molecule has 5 rings (SSSR count). The molecule has 36 heavy (non-hydrogen) atoms. The Bertz CT molecular complexity index is 1570. The van der Waals surface area contributed by atoms with Crippen molar-refractivity contribution in [1.82, 2.24) is 29.4 Å². The molecule has 0 radical (unpaired) electrons. The number of carbonyl (C=O) groups excluding carboxylic acids is 1. The molecule has 1 N–H and O–H groups in total. The zero-order valence-corrected chi connectivity index (χ0v) is 21.1. The number of hydrogen-bond acceptors (Lipinski definition) is 5. The van der Waals surface area contributed by atoms with Gasteiger partial charge in [-0.3, -0.25) is 9.59 Å². The predicted molar refractivity (Wildman–Crippen MR) is 142 cm³/mol. The molecule has 0 saturated heterocycles. The van der Waals surface area contributed by atoms with Gasteiger partial charge in [-0.2, -0.15) is 10.2 Å². The minimum Gasteiger partial charge on any atom is -0.350 e. The first-order valence-electron chi connectivity index (χ1n) is 11.6. The standard InChI is InChI=1S/C27H26N6O2S/c1-18-24-23(26(31-15-7-8-16-31)33(30-24)21-9-5-4-6-10-21)27(35)32(29-18)19(2)25(34)28-17-20-11-13-22(36-3)14-12-20/h4-16,19H,17H2,1-3H3,(H,28,34)/t19-/m1/s1. The lowest BCUT2D eigenvalue weighted by Gasteiger charge is -2.15. The van der Waals surface area contributed by atoms with Crippen molar-refractivity contribution in [2.45, 2.75) is 31.3 Å². The quantitative estimate of drug-likeness (QED) is 0.339. The van der Waals surface area contributed by atoms with Crippen LogP contribution in [0, 0.1) is 6.92 Å². The fourth-order valence-corrected chi connectivity index (χ4v) is 4.55. The van der Waals surface area contributed by atoms with Gasteiger partial charge in [0.15, 0.2) is 5.82 Å². The highest BCUT2D eigenvalue weighted by molar-refractivity contribution is 7.98. The summed E-state index contributed by atoms with van der Waals surface area (Å²) in [6, 6.07) is 20.6. The first-order valence-corrected chi connectivity index (χ1v) is 12.8. The van der Waals surface area contributed by atoms with Crippen LogP contribution in [0.4, 0.5) is 0 Å². The summed E-state index contributed by atoms with van der Waals surface area (Å²) in [5.74, 6) is 0.321. The van der Waals surface area contributed by atoms with E-state index in [1.54, 1.807) is 30.3 Å². The van der Waals surface area contributed by atoms with Crippen LogP contribution in [0.5, 0.6) is 0 Å². The molecule has 8 nitrogen and oxygen atoms in total. The second-order valence-electron chi connectivity index (χ2n) is 8.46. The largest absolute Gasteiger partial charge is 0.350 e. The van der Waals surface area contributed by atoms with E-state index in [0.717, 1.165) is 16.1 Å². The van der Waals surface area contributed by atoms with Crippen LogP contribution in [0.15, 0.2) is 88.8 Å². The van der Waals surface area contributed by atoms with E-state index in [1.807, 2.05) is 89.9 Å². The summed E-state index contributed by atoms with van der Waals surface area (Å²) in [5, 5.41) is 12.6. The molecule has 0 aliphatic carbocycles. The van der Waals surface area contributed by atoms with Crippen LogP contribution in [0.3, 0.4) is 0 Å². The van der Waals surface area contributed by atoms with Crippen LogP contribution in [0.1, 0.15) is 24.2 Å². The number of fused-ring (bicyclic) bond motifs is 1. The van der Waals surface area contributed by atoms with Gasteiger partial charge in [0.1, 0.15) is 16.9 Å². The number of aromatic nitrogens is 5. The zero-order valence-electron chi connectivity index (χ0n) is 20.3. The van der Waals surface area contributed by atoms with E-state index in [2.05, 4.69) is 10.4 Å². The molecule has 0 saturated carbocycles. The summed E-state index contributed by atoms with van der Waals surface area (Å²) >= 11 is 1.67. The van der Waals surface area contributed by atoms with Gasteiger partial charge in [0.2, 0.25) is 5.91 Å². The Morgan fingerprint density at radius 2 is 1.69 bits per heavy atom. The van der Waals surface area contributed by atoms with Gasteiger partial charge in [-0.15, -0.1) is 11.8 Å². The molecule has 0 aliphatic heterocycles. The van der Waals surface area contributed by atoms with E-state index < -0.39 is 6.04 Å². The first-order chi connectivity index (χ1) is 17.5. The lowest BCUT2D eigenvalue weighted by molar-refractivity contribution is -0.124. The summed E-state index contributed by atoms with van der Waals surface area (Å²) < 4.78 is 4.86. The highest BCUT2D eigenvalue weighted by atomic mass is 32.2. The Balaban J connectivity index is 1.54. The van der Waals surface area contributed by atoms with E-state index >= 15 is 0 Å². The molecule has 1 amide bonds. The van der Waals surface area contributed by atoms with Gasteiger partial charge in [0.25, 0.3) is 5.56 Å². The average molecular weight is 499 g/mol. The third kappa shape index (κ3) is 4.33. The lowest BCUT2D eigenvalue weighted by atomic mass is 10.2. The summed E-state index contributed by atoms with van der Waals surface area (Å²) in [6.07, 6.45) is 5.76.